The van der Waals surface area contributed by atoms with Gasteiger partial charge in [0.2, 0.25) is 5.43 Å². The third-order valence-electron chi connectivity index (χ3n) is 3.83. The molecule has 0 bridgehead atoms. The number of hydrogen-bond donors (Lipinski definition) is 1. The molecular formula is C19H20N2O6S. The van der Waals surface area contributed by atoms with Crippen LogP contribution in [0.25, 0.3) is 0 Å². The van der Waals surface area contributed by atoms with Gasteiger partial charge in [-0.1, -0.05) is 29.8 Å². The summed E-state index contributed by atoms with van der Waals surface area (Å²) in [6.07, 6.45) is 0. The van der Waals surface area contributed by atoms with Gasteiger partial charge >= 0.3 is 11.9 Å². The zero-order chi connectivity index (χ0) is 20.9. The molecule has 0 aliphatic rings. The topological polar surface area (TPSA) is 110 Å². The van der Waals surface area contributed by atoms with Crippen LogP contribution in [0.4, 0.5) is 11.4 Å². The molecule has 0 unspecified atom stereocenters. The van der Waals surface area contributed by atoms with Gasteiger partial charge in [0.15, 0.2) is 0 Å². The highest BCUT2D eigenvalue weighted by Crippen LogP contribution is 2.26. The number of anilines is 2. The Bertz CT molecular complexity index is 1050. The molecule has 0 saturated heterocycles. The second kappa shape index (κ2) is 8.66. The average molecular weight is 404 g/mol. The molecule has 28 heavy (non-hydrogen) atoms. The molecule has 0 heterocycles. The number of benzene rings is 1. The highest BCUT2D eigenvalue weighted by atomic mass is 32.2. The van der Waals surface area contributed by atoms with Gasteiger partial charge in [0.1, 0.15) is 5.69 Å². The molecule has 0 saturated carbocycles. The van der Waals surface area contributed by atoms with Crippen LogP contribution in [0.3, 0.4) is 0 Å². The maximum Gasteiger partial charge on any atom is 0.397 e. The Hall–Kier alpha value is -3.20. The maximum atomic E-state index is 13.0. The quantitative estimate of drug-likeness (QED) is 0.600. The van der Waals surface area contributed by atoms with Gasteiger partial charge in [0, 0.05) is 7.05 Å². The number of aryl methyl sites for hydroxylation is 1. The summed E-state index contributed by atoms with van der Waals surface area (Å²) in [5.41, 5.74) is -0.213. The van der Waals surface area contributed by atoms with Crippen molar-refractivity contribution < 1.29 is 22.7 Å². The van der Waals surface area contributed by atoms with E-state index in [1.807, 2.05) is 6.92 Å². The molecule has 1 N–H and O–H groups in total. The Morgan fingerprint density at radius 2 is 1.68 bits per heavy atom. The molecule has 2 rings (SSSR count). The first-order valence-electron chi connectivity index (χ1n) is 8.35. The first-order chi connectivity index (χ1) is 13.2. The fraction of sp³-hybridized carbons (Fsp3) is 0.211. The minimum atomic E-state index is -4.02. The van der Waals surface area contributed by atoms with Crippen LogP contribution in [-0.4, -0.2) is 33.9 Å². The van der Waals surface area contributed by atoms with Crippen LogP contribution in [-0.2, 0) is 24.3 Å². The zero-order valence-electron chi connectivity index (χ0n) is 15.6. The molecule has 9 heteroatoms. The molecule has 0 spiro atoms. The van der Waals surface area contributed by atoms with Crippen molar-refractivity contribution in [2.75, 3.05) is 23.3 Å². The van der Waals surface area contributed by atoms with E-state index in [9.17, 15) is 22.8 Å². The first-order valence-corrected chi connectivity index (χ1v) is 9.79. The van der Waals surface area contributed by atoms with E-state index >= 15 is 0 Å². The molecule has 0 radical (unpaired) electrons. The van der Waals surface area contributed by atoms with Gasteiger partial charge < -0.3 is 10.1 Å². The number of carbonyl (C=O) groups is 2. The molecule has 0 aliphatic heterocycles. The number of ether oxygens (including phenoxy) is 1. The van der Waals surface area contributed by atoms with Gasteiger partial charge in [-0.05, 0) is 38.1 Å². The zero-order valence-corrected chi connectivity index (χ0v) is 16.4. The minimum absolute atomic E-state index is 0.0159. The van der Waals surface area contributed by atoms with E-state index < -0.39 is 27.3 Å². The number of sulfonamides is 1. The lowest BCUT2D eigenvalue weighted by Gasteiger charge is -2.21. The van der Waals surface area contributed by atoms with E-state index in [0.29, 0.717) is 0 Å². The van der Waals surface area contributed by atoms with Crippen molar-refractivity contribution in [1.82, 2.24) is 0 Å². The Morgan fingerprint density at radius 1 is 1.07 bits per heavy atom. The molecule has 8 nitrogen and oxygen atoms in total. The lowest BCUT2D eigenvalue weighted by Crippen LogP contribution is -2.31. The predicted octanol–water partition coefficient (Wildman–Crippen LogP) is 1.68. The summed E-state index contributed by atoms with van der Waals surface area (Å²) in [5, 5.41) is 2.16. The highest BCUT2D eigenvalue weighted by Gasteiger charge is 2.26. The SMILES string of the molecule is CCOC(=O)C(=O)Nc1c(N(C)S(=O)(=O)c2ccc(C)cc2)ccccc1=O. The number of amides is 1. The number of carbonyl (C=O) groups excluding carboxylic acids is 2. The fourth-order valence-corrected chi connectivity index (χ4v) is 3.54. The van der Waals surface area contributed by atoms with Crippen molar-refractivity contribution in [3.8, 4) is 0 Å². The summed E-state index contributed by atoms with van der Waals surface area (Å²) < 4.78 is 31.4. The lowest BCUT2D eigenvalue weighted by atomic mass is 10.2. The Labute approximate surface area is 162 Å². The molecule has 0 atom stereocenters. The number of hydrogen-bond acceptors (Lipinski definition) is 6. The van der Waals surface area contributed by atoms with Gasteiger partial charge in [-0.2, -0.15) is 0 Å². The van der Waals surface area contributed by atoms with E-state index in [1.54, 1.807) is 12.1 Å². The minimum Gasteiger partial charge on any atom is -0.459 e. The largest absolute Gasteiger partial charge is 0.459 e. The average Bonchev–Trinajstić information content (AvgIpc) is 2.83. The van der Waals surface area contributed by atoms with Crippen molar-refractivity contribution in [2.45, 2.75) is 18.7 Å². The molecule has 1 amide bonds. The number of esters is 1. The lowest BCUT2D eigenvalue weighted by molar-refractivity contribution is -0.152. The summed E-state index contributed by atoms with van der Waals surface area (Å²) in [5.74, 6) is -2.35. The second-order valence-electron chi connectivity index (χ2n) is 5.80. The van der Waals surface area contributed by atoms with E-state index in [0.717, 1.165) is 15.9 Å². The van der Waals surface area contributed by atoms with Crippen molar-refractivity contribution in [1.29, 1.82) is 0 Å². The Morgan fingerprint density at radius 3 is 2.29 bits per heavy atom. The second-order valence-corrected chi connectivity index (χ2v) is 7.77. The van der Waals surface area contributed by atoms with Crippen LogP contribution in [0.1, 0.15) is 12.5 Å². The van der Waals surface area contributed by atoms with E-state index in [4.69, 9.17) is 0 Å². The van der Waals surface area contributed by atoms with Crippen molar-refractivity contribution in [3.63, 3.8) is 0 Å². The van der Waals surface area contributed by atoms with E-state index in [-0.39, 0.29) is 22.9 Å². The van der Waals surface area contributed by atoms with Crippen molar-refractivity contribution >= 4 is 33.3 Å². The number of nitrogens with one attached hydrogen (secondary N) is 1. The summed E-state index contributed by atoms with van der Waals surface area (Å²) >= 11 is 0. The van der Waals surface area contributed by atoms with Crippen LogP contribution in [0.5, 0.6) is 0 Å². The molecule has 148 valence electrons. The van der Waals surface area contributed by atoms with Gasteiger partial charge in [-0.15, -0.1) is 0 Å². The van der Waals surface area contributed by atoms with Gasteiger partial charge in [0.05, 0.1) is 17.2 Å². The third-order valence-corrected chi connectivity index (χ3v) is 5.62. The van der Waals surface area contributed by atoms with Crippen molar-refractivity contribution in [2.24, 2.45) is 0 Å². The van der Waals surface area contributed by atoms with Crippen LogP contribution in [0.15, 0.2) is 58.2 Å². The molecule has 0 fully saturated rings. The molecule has 0 aliphatic carbocycles. The monoisotopic (exact) mass is 404 g/mol. The molecule has 2 aromatic rings. The van der Waals surface area contributed by atoms with Gasteiger partial charge in [-0.3, -0.25) is 13.9 Å². The Kier molecular flexibility index (Phi) is 6.53. The molecular weight excluding hydrogens is 384 g/mol. The van der Waals surface area contributed by atoms with Crippen LogP contribution < -0.4 is 15.1 Å². The predicted molar refractivity (Wildman–Crippen MR) is 105 cm³/mol. The summed E-state index contributed by atoms with van der Waals surface area (Å²) in [6, 6.07) is 11.5. The van der Waals surface area contributed by atoms with Gasteiger partial charge in [0.25, 0.3) is 10.0 Å². The first kappa shape index (κ1) is 21.1. The molecule has 2 aromatic carbocycles. The summed E-state index contributed by atoms with van der Waals surface area (Å²) in [7, 11) is -2.76. The Balaban J connectivity index is 2.53. The van der Waals surface area contributed by atoms with E-state index in [1.165, 1.54) is 44.3 Å². The number of nitrogens with zero attached hydrogens (tertiary/aromatic N) is 1. The van der Waals surface area contributed by atoms with Crippen LogP contribution >= 0.6 is 0 Å². The van der Waals surface area contributed by atoms with Crippen LogP contribution in [0.2, 0.25) is 0 Å². The van der Waals surface area contributed by atoms with Crippen LogP contribution in [0, 0.1) is 6.92 Å². The number of rotatable bonds is 5. The van der Waals surface area contributed by atoms with Gasteiger partial charge in [-0.25, -0.2) is 13.2 Å². The summed E-state index contributed by atoms with van der Waals surface area (Å²) in [4.78, 5) is 36.0. The third kappa shape index (κ3) is 4.55. The summed E-state index contributed by atoms with van der Waals surface area (Å²) in [6.45, 7) is 3.33. The molecule has 0 aromatic heterocycles. The highest BCUT2D eigenvalue weighted by molar-refractivity contribution is 7.92. The normalized spacial score (nSPS) is 10.8. The smallest absolute Gasteiger partial charge is 0.397 e. The fourth-order valence-electron chi connectivity index (χ4n) is 2.33. The maximum absolute atomic E-state index is 13.0. The standard InChI is InChI=1S/C19H20N2O6S/c1-4-27-19(24)18(23)20-17-15(7-5-6-8-16(17)22)21(3)28(25,26)14-11-9-13(2)10-12-14/h5-12H,4H2,1-3H3,(H,20,22,23). The van der Waals surface area contributed by atoms with Crippen molar-refractivity contribution in [3.05, 3.63) is 64.3 Å². The van der Waals surface area contributed by atoms with E-state index in [2.05, 4.69) is 10.1 Å².